The lowest BCUT2D eigenvalue weighted by molar-refractivity contribution is -0.140. The Hall–Kier alpha value is -2.99. The molecule has 1 aromatic heterocycles. The monoisotopic (exact) mass is 399 g/mol. The van der Waals surface area contributed by atoms with E-state index in [1.54, 1.807) is 6.20 Å². The van der Waals surface area contributed by atoms with Gasteiger partial charge in [-0.05, 0) is 25.8 Å². The normalized spacial score (nSPS) is 21.4. The second-order valence-electron chi connectivity index (χ2n) is 6.21. The first-order valence-corrected chi connectivity index (χ1v) is 8.64. The molecule has 12 heteroatoms. The van der Waals surface area contributed by atoms with Crippen LogP contribution in [0.1, 0.15) is 31.4 Å². The van der Waals surface area contributed by atoms with Crippen molar-refractivity contribution in [2.24, 2.45) is 5.73 Å². The fourth-order valence-electron chi connectivity index (χ4n) is 2.42. The topological polar surface area (TPSA) is 208 Å². The van der Waals surface area contributed by atoms with Gasteiger partial charge in [0.2, 0.25) is 5.91 Å². The Morgan fingerprint density at radius 2 is 1.86 bits per heavy atom. The fraction of sp³-hybridized carbons (Fsp3) is 0.562. The van der Waals surface area contributed by atoms with E-state index in [0.29, 0.717) is 12.8 Å². The lowest BCUT2D eigenvalue weighted by atomic mass is 10.2. The molecule has 2 aliphatic heterocycles. The van der Waals surface area contributed by atoms with Gasteiger partial charge in [-0.1, -0.05) is 0 Å². The number of hydrogen-bond donors (Lipinski definition) is 7. The van der Waals surface area contributed by atoms with E-state index in [4.69, 9.17) is 21.1 Å². The van der Waals surface area contributed by atoms with Gasteiger partial charge in [-0.3, -0.25) is 14.4 Å². The molecule has 0 unspecified atom stereocenters. The minimum Gasteiger partial charge on any atom is -0.480 e. The Morgan fingerprint density at radius 3 is 2.18 bits per heavy atom. The molecule has 3 heterocycles. The van der Waals surface area contributed by atoms with Crippen molar-refractivity contribution in [3.63, 3.8) is 0 Å². The molecule has 0 aliphatic carbocycles. The predicted molar refractivity (Wildman–Crippen MR) is 95.4 cm³/mol. The molecule has 3 rings (SSSR count). The Kier molecular flexibility index (Phi) is 9.60. The summed E-state index contributed by atoms with van der Waals surface area (Å²) in [6, 6.07) is -1.76. The highest BCUT2D eigenvalue weighted by atomic mass is 16.4. The Bertz CT molecular complexity index is 658. The summed E-state index contributed by atoms with van der Waals surface area (Å²) in [5.41, 5.74) is 6.00. The maximum Gasteiger partial charge on any atom is 0.326 e. The predicted octanol–water partition coefficient (Wildman–Crippen LogP) is -1.46. The van der Waals surface area contributed by atoms with Gasteiger partial charge in [-0.25, -0.2) is 9.78 Å². The maximum absolute atomic E-state index is 10.4. The van der Waals surface area contributed by atoms with Crippen LogP contribution in [0.4, 0.5) is 0 Å². The number of rotatable bonds is 5. The van der Waals surface area contributed by atoms with Crippen LogP contribution < -0.4 is 16.4 Å². The minimum atomic E-state index is -1.00. The maximum atomic E-state index is 10.4. The van der Waals surface area contributed by atoms with Gasteiger partial charge in [-0.15, -0.1) is 0 Å². The number of aliphatic carboxylic acids is 3. The van der Waals surface area contributed by atoms with E-state index in [2.05, 4.69) is 20.6 Å². The highest BCUT2D eigenvalue weighted by molar-refractivity contribution is 5.87. The first kappa shape index (κ1) is 23.0. The minimum absolute atomic E-state index is 0.164. The first-order valence-electron chi connectivity index (χ1n) is 8.64. The highest BCUT2D eigenvalue weighted by Crippen LogP contribution is 2.05. The molecule has 0 saturated carbocycles. The van der Waals surface area contributed by atoms with Gasteiger partial charge < -0.3 is 36.7 Å². The van der Waals surface area contributed by atoms with Crippen molar-refractivity contribution >= 4 is 23.8 Å². The van der Waals surface area contributed by atoms with Gasteiger partial charge >= 0.3 is 17.9 Å². The van der Waals surface area contributed by atoms with Gasteiger partial charge in [0.25, 0.3) is 0 Å². The number of carboxylic acid groups (broad SMARTS) is 3. The zero-order valence-electron chi connectivity index (χ0n) is 15.1. The molecule has 1 aromatic rings. The molecule has 28 heavy (non-hydrogen) atoms. The summed E-state index contributed by atoms with van der Waals surface area (Å²) in [4.78, 5) is 47.4. The number of carbonyl (C=O) groups excluding carboxylic acids is 1. The Morgan fingerprint density at radius 1 is 1.18 bits per heavy atom. The number of amides is 1. The van der Waals surface area contributed by atoms with E-state index in [0.717, 1.165) is 25.1 Å². The van der Waals surface area contributed by atoms with E-state index in [1.165, 1.54) is 6.33 Å². The first-order chi connectivity index (χ1) is 13.2. The van der Waals surface area contributed by atoms with Gasteiger partial charge in [0.15, 0.2) is 0 Å². The van der Waals surface area contributed by atoms with E-state index < -0.39 is 30.0 Å². The van der Waals surface area contributed by atoms with Crippen LogP contribution in [0.25, 0.3) is 0 Å². The molecule has 2 fully saturated rings. The number of carbonyl (C=O) groups is 4. The number of nitrogens with zero attached hydrogens (tertiary/aromatic N) is 1. The largest absolute Gasteiger partial charge is 0.480 e. The fourth-order valence-corrected chi connectivity index (χ4v) is 2.42. The summed E-state index contributed by atoms with van der Waals surface area (Å²) in [5.74, 6) is -2.83. The van der Waals surface area contributed by atoms with Gasteiger partial charge in [0.1, 0.15) is 18.1 Å². The number of hydrogen-bond acceptors (Lipinski definition) is 7. The molecule has 1 amide bonds. The van der Waals surface area contributed by atoms with Crippen molar-refractivity contribution in [1.82, 2.24) is 20.6 Å². The standard InChI is InChI=1S/C6H9N3O2.C5H7NO3.C5H9NO2/c7-5(6(10)11)1-4-2-8-3-9-4;7-4-2-1-3(6-4)5(8)9;7-5(8)4-2-1-3-6-4/h2-3,5H,1,7H2,(H,8,9)(H,10,11);3H,1-2H2,(H,6,7)(H,8,9);4,6H,1-3H2,(H,7,8)/t5-;3-;4-/m000/s1. The summed E-state index contributed by atoms with van der Waals surface area (Å²) in [6.45, 7) is 0.858. The molecule has 0 aromatic carbocycles. The number of nitrogens with one attached hydrogen (secondary N) is 3. The van der Waals surface area contributed by atoms with Crippen molar-refractivity contribution in [3.05, 3.63) is 18.2 Å². The Balaban J connectivity index is 0.000000213. The van der Waals surface area contributed by atoms with Crippen molar-refractivity contribution < 1.29 is 34.5 Å². The van der Waals surface area contributed by atoms with Crippen LogP contribution >= 0.6 is 0 Å². The average molecular weight is 399 g/mol. The third-order valence-corrected chi connectivity index (χ3v) is 3.96. The molecule has 8 N–H and O–H groups in total. The molecular weight excluding hydrogens is 374 g/mol. The molecule has 156 valence electrons. The van der Waals surface area contributed by atoms with E-state index in [1.807, 2.05) is 0 Å². The van der Waals surface area contributed by atoms with Crippen molar-refractivity contribution in [3.8, 4) is 0 Å². The summed E-state index contributed by atoms with van der Waals surface area (Å²) in [5, 5.41) is 30.3. The van der Waals surface area contributed by atoms with Crippen molar-refractivity contribution in [2.75, 3.05) is 6.54 Å². The number of aromatic nitrogens is 2. The third kappa shape index (κ3) is 8.60. The summed E-state index contributed by atoms with van der Waals surface area (Å²) in [6.07, 6.45) is 5.89. The highest BCUT2D eigenvalue weighted by Gasteiger charge is 2.26. The summed E-state index contributed by atoms with van der Waals surface area (Å²) < 4.78 is 0. The van der Waals surface area contributed by atoms with Crippen LogP contribution in [0.5, 0.6) is 0 Å². The molecular formula is C16H25N5O7. The second kappa shape index (κ2) is 11.7. The number of nitrogens with two attached hydrogens (primary N) is 1. The molecule has 0 spiro atoms. The van der Waals surface area contributed by atoms with Crippen LogP contribution in [-0.2, 0) is 25.6 Å². The number of carboxylic acids is 3. The van der Waals surface area contributed by atoms with Crippen LogP contribution in [0, 0.1) is 0 Å². The van der Waals surface area contributed by atoms with Crippen molar-refractivity contribution in [2.45, 2.75) is 50.2 Å². The number of H-pyrrole nitrogens is 1. The van der Waals surface area contributed by atoms with Crippen LogP contribution in [0.15, 0.2) is 12.5 Å². The van der Waals surface area contributed by atoms with E-state index in [-0.39, 0.29) is 18.4 Å². The van der Waals surface area contributed by atoms with Crippen molar-refractivity contribution in [1.29, 1.82) is 0 Å². The van der Waals surface area contributed by atoms with Crippen LogP contribution in [0.3, 0.4) is 0 Å². The molecule has 2 aliphatic rings. The van der Waals surface area contributed by atoms with Gasteiger partial charge in [-0.2, -0.15) is 0 Å². The molecule has 12 nitrogen and oxygen atoms in total. The lowest BCUT2D eigenvalue weighted by Gasteiger charge is -2.02. The molecule has 2 saturated heterocycles. The zero-order valence-corrected chi connectivity index (χ0v) is 15.1. The number of imidazole rings is 1. The zero-order chi connectivity index (χ0) is 21.1. The summed E-state index contributed by atoms with van der Waals surface area (Å²) in [7, 11) is 0. The van der Waals surface area contributed by atoms with Crippen LogP contribution in [0.2, 0.25) is 0 Å². The molecule has 3 atom stereocenters. The van der Waals surface area contributed by atoms with E-state index in [9.17, 15) is 19.2 Å². The quantitative estimate of drug-likeness (QED) is 0.306. The smallest absolute Gasteiger partial charge is 0.326 e. The van der Waals surface area contributed by atoms with Gasteiger partial charge in [0.05, 0.1) is 6.33 Å². The third-order valence-electron chi connectivity index (χ3n) is 3.96. The number of aromatic amines is 1. The van der Waals surface area contributed by atoms with E-state index >= 15 is 0 Å². The second-order valence-corrected chi connectivity index (χ2v) is 6.21. The summed E-state index contributed by atoms with van der Waals surface area (Å²) >= 11 is 0. The SMILES string of the molecule is N[C@@H](Cc1cnc[nH]1)C(=O)O.O=C(O)[C@@H]1CCCN1.O=C1CC[C@@H](C(=O)O)N1. The lowest BCUT2D eigenvalue weighted by Crippen LogP contribution is -2.32. The van der Waals surface area contributed by atoms with Gasteiger partial charge in [0, 0.05) is 24.7 Å². The van der Waals surface area contributed by atoms with Crippen LogP contribution in [-0.4, -0.2) is 73.8 Å². The Labute approximate surface area is 160 Å². The average Bonchev–Trinajstić information content (AvgIpc) is 3.38. The molecule has 0 bridgehead atoms. The molecule has 0 radical (unpaired) electrons.